The molecule has 31 heavy (non-hydrogen) atoms. The van der Waals surface area contributed by atoms with Crippen LogP contribution in [-0.4, -0.2) is 45.7 Å². The van der Waals surface area contributed by atoms with Crippen LogP contribution in [0.5, 0.6) is 11.5 Å². The summed E-state index contributed by atoms with van der Waals surface area (Å²) in [6, 6.07) is 12.8. The van der Waals surface area contributed by atoms with Crippen LogP contribution in [0.1, 0.15) is 43.5 Å². The number of nitrogens with zero attached hydrogens (tertiary/aromatic N) is 2. The number of carboxylic acid groups (broad SMARTS) is 1. The summed E-state index contributed by atoms with van der Waals surface area (Å²) in [5.41, 5.74) is 1.35. The van der Waals surface area contributed by atoms with Crippen LogP contribution in [0, 0.1) is 6.92 Å². The van der Waals surface area contributed by atoms with Crippen LogP contribution in [0.2, 0.25) is 0 Å². The number of hydrogen-bond acceptors (Lipinski definition) is 7. The van der Waals surface area contributed by atoms with E-state index in [-0.39, 0.29) is 18.9 Å². The lowest BCUT2D eigenvalue weighted by molar-refractivity contribution is -0.137. The summed E-state index contributed by atoms with van der Waals surface area (Å²) < 4.78 is 16.8. The second-order valence-corrected chi connectivity index (χ2v) is 7.90. The highest BCUT2D eigenvalue weighted by Gasteiger charge is 2.24. The zero-order chi connectivity index (χ0) is 22.6. The summed E-state index contributed by atoms with van der Waals surface area (Å²) in [7, 11) is 1.58. The largest absolute Gasteiger partial charge is 0.496 e. The van der Waals surface area contributed by atoms with Gasteiger partial charge in [-0.25, -0.2) is 0 Å². The van der Waals surface area contributed by atoms with E-state index in [1.54, 1.807) is 40.0 Å². The monoisotopic (exact) mass is 426 g/mol. The molecule has 0 amide bonds. The summed E-state index contributed by atoms with van der Waals surface area (Å²) in [5.74, 6) is 0.297. The molecule has 2 aromatic carbocycles. The number of aromatic nitrogens is 2. The summed E-state index contributed by atoms with van der Waals surface area (Å²) >= 11 is 0. The Balaban J connectivity index is 2.00. The molecule has 1 unspecified atom stereocenters. The van der Waals surface area contributed by atoms with Crippen molar-refractivity contribution in [2.24, 2.45) is 0 Å². The van der Waals surface area contributed by atoms with Crippen molar-refractivity contribution < 1.29 is 28.9 Å². The molecule has 0 radical (unpaired) electrons. The van der Waals surface area contributed by atoms with E-state index < -0.39 is 17.5 Å². The first kappa shape index (κ1) is 22.3. The van der Waals surface area contributed by atoms with Crippen LogP contribution in [0.15, 0.2) is 46.9 Å². The highest BCUT2D eigenvalue weighted by atomic mass is 16.5. The number of benzene rings is 2. The predicted molar refractivity (Wildman–Crippen MR) is 113 cm³/mol. The number of carbonyl (C=O) groups is 1. The lowest BCUT2D eigenvalue weighted by Crippen LogP contribution is -2.27. The molecule has 164 valence electrons. The third-order valence-electron chi connectivity index (χ3n) is 4.58. The van der Waals surface area contributed by atoms with Crippen LogP contribution in [0.25, 0.3) is 11.1 Å². The Bertz CT molecular complexity index is 1050. The Morgan fingerprint density at radius 2 is 1.97 bits per heavy atom. The maximum atomic E-state index is 11.5. The van der Waals surface area contributed by atoms with Crippen LogP contribution in [0.3, 0.4) is 0 Å². The molecule has 0 saturated carbocycles. The van der Waals surface area contributed by atoms with Gasteiger partial charge in [0.2, 0.25) is 11.8 Å². The highest BCUT2D eigenvalue weighted by Crippen LogP contribution is 2.36. The normalized spacial score (nSPS) is 12.4. The van der Waals surface area contributed by atoms with Crippen LogP contribution in [0.4, 0.5) is 0 Å². The van der Waals surface area contributed by atoms with Crippen molar-refractivity contribution in [1.82, 2.24) is 10.2 Å². The highest BCUT2D eigenvalue weighted by molar-refractivity contribution is 5.73. The van der Waals surface area contributed by atoms with Gasteiger partial charge < -0.3 is 24.1 Å². The number of ether oxygens (including phenoxy) is 2. The van der Waals surface area contributed by atoms with E-state index in [1.807, 2.05) is 30.3 Å². The van der Waals surface area contributed by atoms with Crippen molar-refractivity contribution in [1.29, 1.82) is 0 Å². The van der Waals surface area contributed by atoms with Gasteiger partial charge in [0.25, 0.3) is 0 Å². The molecule has 0 aliphatic heterocycles. The Morgan fingerprint density at radius 1 is 1.19 bits per heavy atom. The summed E-state index contributed by atoms with van der Waals surface area (Å²) in [4.78, 5) is 11.5. The van der Waals surface area contributed by atoms with Gasteiger partial charge in [-0.15, -0.1) is 10.2 Å². The number of aliphatic hydroxyl groups is 1. The molecule has 1 aromatic heterocycles. The van der Waals surface area contributed by atoms with Gasteiger partial charge in [-0.05, 0) is 43.2 Å². The van der Waals surface area contributed by atoms with E-state index in [0.717, 1.165) is 16.7 Å². The first-order chi connectivity index (χ1) is 14.7. The van der Waals surface area contributed by atoms with E-state index in [9.17, 15) is 15.0 Å². The van der Waals surface area contributed by atoms with E-state index in [0.29, 0.717) is 17.4 Å². The molecule has 8 heteroatoms. The zero-order valence-electron chi connectivity index (χ0n) is 18.0. The lowest BCUT2D eigenvalue weighted by atomic mass is 9.92. The number of methoxy groups -OCH3 is 1. The van der Waals surface area contributed by atoms with Crippen molar-refractivity contribution in [3.63, 3.8) is 0 Å². The minimum atomic E-state index is -0.967. The van der Waals surface area contributed by atoms with Gasteiger partial charge in [0.15, 0.2) is 0 Å². The van der Waals surface area contributed by atoms with E-state index in [1.165, 1.54) is 0 Å². The van der Waals surface area contributed by atoms with Crippen molar-refractivity contribution in [2.75, 3.05) is 13.7 Å². The van der Waals surface area contributed by atoms with Gasteiger partial charge in [-0.1, -0.05) is 24.3 Å². The molecule has 3 rings (SSSR count). The first-order valence-corrected chi connectivity index (χ1v) is 9.81. The molecule has 0 spiro atoms. The van der Waals surface area contributed by atoms with Crippen LogP contribution < -0.4 is 9.47 Å². The van der Waals surface area contributed by atoms with Crippen molar-refractivity contribution in [3.8, 4) is 22.6 Å². The second kappa shape index (κ2) is 9.18. The zero-order valence-corrected chi connectivity index (χ0v) is 18.0. The molecule has 0 aliphatic carbocycles. The molecule has 0 bridgehead atoms. The average Bonchev–Trinajstić information content (AvgIpc) is 3.15. The quantitative estimate of drug-likeness (QED) is 0.531. The Morgan fingerprint density at radius 3 is 2.58 bits per heavy atom. The third-order valence-corrected chi connectivity index (χ3v) is 4.58. The molecule has 0 fully saturated rings. The van der Waals surface area contributed by atoms with Gasteiger partial charge >= 0.3 is 5.97 Å². The van der Waals surface area contributed by atoms with Gasteiger partial charge in [-0.3, -0.25) is 4.79 Å². The molecule has 8 nitrogen and oxygen atoms in total. The summed E-state index contributed by atoms with van der Waals surface area (Å²) in [6.07, 6.45) is -0.184. The Kier molecular flexibility index (Phi) is 6.60. The van der Waals surface area contributed by atoms with Crippen molar-refractivity contribution in [2.45, 2.75) is 38.7 Å². The second-order valence-electron chi connectivity index (χ2n) is 7.90. The SMILES string of the molecule is COc1ccc(OCC(C)(C)O)cc1-c1cccc(C(CC(=O)O)c2nnc(C)o2)c1. The number of hydrogen-bond donors (Lipinski definition) is 2. The molecule has 0 aliphatic rings. The average molecular weight is 426 g/mol. The number of aryl methyl sites for hydroxylation is 1. The fourth-order valence-electron chi connectivity index (χ4n) is 3.16. The van der Waals surface area contributed by atoms with Crippen LogP contribution >= 0.6 is 0 Å². The lowest BCUT2D eigenvalue weighted by Gasteiger charge is -2.19. The van der Waals surface area contributed by atoms with Gasteiger partial charge in [0.1, 0.15) is 18.1 Å². The standard InChI is InChI=1S/C23H26N2O6/c1-14-24-25-22(31-14)19(12-21(26)27)16-7-5-6-15(10-16)18-11-17(8-9-20(18)29-4)30-13-23(2,3)28/h5-11,19,28H,12-13H2,1-4H3,(H,26,27). The molecule has 1 heterocycles. The molecule has 3 aromatic rings. The molecule has 1 atom stereocenters. The Hall–Kier alpha value is -3.39. The smallest absolute Gasteiger partial charge is 0.304 e. The van der Waals surface area contributed by atoms with Crippen molar-refractivity contribution >= 4 is 5.97 Å². The van der Waals surface area contributed by atoms with Gasteiger partial charge in [-0.2, -0.15) is 0 Å². The fourth-order valence-corrected chi connectivity index (χ4v) is 3.16. The number of aliphatic carboxylic acids is 1. The fraction of sp³-hybridized carbons (Fsp3) is 0.348. The topological polar surface area (TPSA) is 115 Å². The van der Waals surface area contributed by atoms with E-state index >= 15 is 0 Å². The number of rotatable bonds is 9. The Labute approximate surface area is 180 Å². The van der Waals surface area contributed by atoms with E-state index in [4.69, 9.17) is 13.9 Å². The van der Waals surface area contributed by atoms with Crippen LogP contribution in [-0.2, 0) is 4.79 Å². The molecule has 0 saturated heterocycles. The molecule has 2 N–H and O–H groups in total. The van der Waals surface area contributed by atoms with Crippen molar-refractivity contribution in [3.05, 3.63) is 59.8 Å². The minimum Gasteiger partial charge on any atom is -0.496 e. The summed E-state index contributed by atoms with van der Waals surface area (Å²) in [5, 5.41) is 27.2. The van der Waals surface area contributed by atoms with Gasteiger partial charge in [0.05, 0.1) is 25.0 Å². The molecular formula is C23H26N2O6. The molecular weight excluding hydrogens is 400 g/mol. The van der Waals surface area contributed by atoms with Gasteiger partial charge in [0, 0.05) is 12.5 Å². The third kappa shape index (κ3) is 5.82. The van der Waals surface area contributed by atoms with E-state index in [2.05, 4.69) is 10.2 Å². The maximum Gasteiger partial charge on any atom is 0.304 e. The minimum absolute atomic E-state index is 0.135. The first-order valence-electron chi connectivity index (χ1n) is 9.81. The maximum absolute atomic E-state index is 11.5. The predicted octanol–water partition coefficient (Wildman–Crippen LogP) is 3.81. The summed E-state index contributed by atoms with van der Waals surface area (Å²) in [6.45, 7) is 5.14. The number of carboxylic acids is 1.